The van der Waals surface area contributed by atoms with Crippen molar-refractivity contribution in [3.63, 3.8) is 0 Å². The monoisotopic (exact) mass is 282 g/mol. The molecule has 3 nitrogen and oxygen atoms in total. The first-order chi connectivity index (χ1) is 9.37. The van der Waals surface area contributed by atoms with Gasteiger partial charge in [-0.25, -0.2) is 0 Å². The number of hydrogen-bond acceptors (Lipinski definition) is 3. The fourth-order valence-corrected chi connectivity index (χ4v) is 3.62. The number of carbonyl (C=O) groups excluding carboxylic acids is 2. The molecule has 0 unspecified atom stereocenters. The quantitative estimate of drug-likeness (QED) is 0.382. The van der Waals surface area contributed by atoms with Crippen molar-refractivity contribution in [3.05, 3.63) is 0 Å². The number of unbranched alkanes of at least 4 members (excludes halogenated alkanes) is 1. The number of rotatable bonds is 8. The molecule has 1 fully saturated rings. The lowest BCUT2D eigenvalue weighted by Crippen LogP contribution is -2.34. The Morgan fingerprint density at radius 2 is 2.00 bits per heavy atom. The highest BCUT2D eigenvalue weighted by atomic mass is 16.5. The van der Waals surface area contributed by atoms with Crippen molar-refractivity contribution < 1.29 is 14.3 Å². The summed E-state index contributed by atoms with van der Waals surface area (Å²) in [6, 6.07) is 0. The van der Waals surface area contributed by atoms with Gasteiger partial charge in [0.2, 0.25) is 0 Å². The second-order valence-corrected chi connectivity index (χ2v) is 6.94. The first-order valence-corrected chi connectivity index (χ1v) is 7.96. The van der Waals surface area contributed by atoms with E-state index in [-0.39, 0.29) is 16.8 Å². The van der Waals surface area contributed by atoms with E-state index < -0.39 is 0 Å². The molecule has 0 radical (unpaired) electrons. The molecule has 0 heterocycles. The minimum absolute atomic E-state index is 0.0797. The van der Waals surface area contributed by atoms with Crippen LogP contribution in [0.5, 0.6) is 0 Å². The molecule has 0 aromatic heterocycles. The Kier molecular flexibility index (Phi) is 6.22. The predicted octanol–water partition coefficient (Wildman–Crippen LogP) is 4.14. The highest BCUT2D eigenvalue weighted by molar-refractivity contribution is 5.69. The summed E-state index contributed by atoms with van der Waals surface area (Å²) in [5.41, 5.74) is 0.346. The molecule has 0 aromatic carbocycles. The van der Waals surface area contributed by atoms with Gasteiger partial charge in [0, 0.05) is 12.8 Å². The van der Waals surface area contributed by atoms with E-state index in [1.807, 2.05) is 6.92 Å². The van der Waals surface area contributed by atoms with Crippen molar-refractivity contribution in [3.8, 4) is 0 Å². The van der Waals surface area contributed by atoms with Gasteiger partial charge < -0.3 is 9.53 Å². The van der Waals surface area contributed by atoms with E-state index in [1.54, 1.807) is 0 Å². The SMILES string of the molecule is CCOC(=O)CCCC[C@H]1CC[C@@](C)(CC=O)C1(C)C. The van der Waals surface area contributed by atoms with Crippen LogP contribution >= 0.6 is 0 Å². The molecule has 0 amide bonds. The van der Waals surface area contributed by atoms with Gasteiger partial charge in [-0.3, -0.25) is 4.79 Å². The molecule has 0 aromatic rings. The number of hydrogen-bond donors (Lipinski definition) is 0. The Bertz CT molecular complexity index is 335. The van der Waals surface area contributed by atoms with E-state index >= 15 is 0 Å². The standard InChI is InChI=1S/C17H30O3/c1-5-20-15(19)9-7-6-8-14-10-11-17(4,12-13-18)16(14,2)3/h13-14H,5-12H2,1-4H3/t14-,17-/m0/s1. The molecule has 1 aliphatic carbocycles. The van der Waals surface area contributed by atoms with E-state index in [4.69, 9.17) is 4.74 Å². The van der Waals surface area contributed by atoms with Gasteiger partial charge in [-0.15, -0.1) is 0 Å². The van der Waals surface area contributed by atoms with Crippen molar-refractivity contribution in [2.75, 3.05) is 6.61 Å². The zero-order valence-electron chi connectivity index (χ0n) is 13.5. The molecule has 0 spiro atoms. The van der Waals surface area contributed by atoms with Crippen molar-refractivity contribution in [2.45, 2.75) is 72.6 Å². The second-order valence-electron chi connectivity index (χ2n) is 6.94. The lowest BCUT2D eigenvalue weighted by molar-refractivity contribution is -0.143. The lowest BCUT2D eigenvalue weighted by atomic mass is 9.63. The van der Waals surface area contributed by atoms with Crippen LogP contribution in [0.1, 0.15) is 72.6 Å². The Morgan fingerprint density at radius 3 is 2.60 bits per heavy atom. The highest BCUT2D eigenvalue weighted by Crippen LogP contribution is 2.58. The van der Waals surface area contributed by atoms with Gasteiger partial charge in [0.05, 0.1) is 6.61 Å². The van der Waals surface area contributed by atoms with E-state index in [0.717, 1.165) is 32.0 Å². The highest BCUT2D eigenvalue weighted by Gasteiger charge is 2.50. The third kappa shape index (κ3) is 3.83. The molecule has 116 valence electrons. The van der Waals surface area contributed by atoms with Crippen LogP contribution in [0.2, 0.25) is 0 Å². The molecule has 1 saturated carbocycles. The van der Waals surface area contributed by atoms with Gasteiger partial charge in [-0.2, -0.15) is 0 Å². The lowest BCUT2D eigenvalue weighted by Gasteiger charge is -2.41. The van der Waals surface area contributed by atoms with Crippen molar-refractivity contribution in [1.29, 1.82) is 0 Å². The topological polar surface area (TPSA) is 43.4 Å². The number of esters is 1. The summed E-state index contributed by atoms with van der Waals surface area (Å²) in [7, 11) is 0. The molecule has 0 saturated heterocycles. The molecule has 0 aliphatic heterocycles. The molecular weight excluding hydrogens is 252 g/mol. The van der Waals surface area contributed by atoms with E-state index in [9.17, 15) is 9.59 Å². The summed E-state index contributed by atoms with van der Waals surface area (Å²) in [4.78, 5) is 22.2. The largest absolute Gasteiger partial charge is 0.466 e. The molecule has 2 atom stereocenters. The number of aldehydes is 1. The van der Waals surface area contributed by atoms with Crippen LogP contribution < -0.4 is 0 Å². The third-order valence-electron chi connectivity index (χ3n) is 5.64. The van der Waals surface area contributed by atoms with Gasteiger partial charge in [0.1, 0.15) is 6.29 Å². The predicted molar refractivity (Wildman–Crippen MR) is 80.4 cm³/mol. The van der Waals surface area contributed by atoms with Crippen molar-refractivity contribution in [1.82, 2.24) is 0 Å². The van der Waals surface area contributed by atoms with Crippen LogP contribution in [0.4, 0.5) is 0 Å². The summed E-state index contributed by atoms with van der Waals surface area (Å²) in [5, 5.41) is 0. The Labute approximate surface area is 123 Å². The number of ether oxygens (including phenoxy) is 1. The van der Waals surface area contributed by atoms with Gasteiger partial charge in [0.25, 0.3) is 0 Å². The van der Waals surface area contributed by atoms with Crippen LogP contribution in [0, 0.1) is 16.7 Å². The molecule has 0 bridgehead atoms. The summed E-state index contributed by atoms with van der Waals surface area (Å²) in [6.45, 7) is 9.17. The minimum Gasteiger partial charge on any atom is -0.466 e. The maximum absolute atomic E-state index is 11.3. The molecule has 20 heavy (non-hydrogen) atoms. The average Bonchev–Trinajstić information content (AvgIpc) is 2.58. The van der Waals surface area contributed by atoms with Crippen LogP contribution in [0.25, 0.3) is 0 Å². The Balaban J connectivity index is 2.38. The second kappa shape index (κ2) is 7.24. The van der Waals surface area contributed by atoms with Gasteiger partial charge >= 0.3 is 5.97 Å². The fraction of sp³-hybridized carbons (Fsp3) is 0.882. The molecule has 3 heteroatoms. The van der Waals surface area contributed by atoms with Gasteiger partial charge in [0.15, 0.2) is 0 Å². The number of carbonyl (C=O) groups is 2. The summed E-state index contributed by atoms with van der Waals surface area (Å²) < 4.78 is 4.94. The summed E-state index contributed by atoms with van der Waals surface area (Å²) in [5.74, 6) is 0.582. The Hall–Kier alpha value is -0.860. The molecule has 0 N–H and O–H groups in total. The maximum atomic E-state index is 11.3. The Morgan fingerprint density at radius 1 is 1.30 bits per heavy atom. The van der Waals surface area contributed by atoms with Crippen molar-refractivity contribution >= 4 is 12.3 Å². The van der Waals surface area contributed by atoms with Gasteiger partial charge in [-0.1, -0.05) is 27.2 Å². The normalized spacial score (nSPS) is 28.3. The van der Waals surface area contributed by atoms with E-state index in [1.165, 1.54) is 6.42 Å². The van der Waals surface area contributed by atoms with Crippen LogP contribution in [0.3, 0.4) is 0 Å². The molecule has 1 aliphatic rings. The van der Waals surface area contributed by atoms with Crippen LogP contribution in [-0.2, 0) is 14.3 Å². The minimum atomic E-state index is -0.0797. The molecule has 1 rings (SSSR count). The van der Waals surface area contributed by atoms with Crippen LogP contribution in [0.15, 0.2) is 0 Å². The zero-order valence-corrected chi connectivity index (χ0v) is 13.5. The fourth-order valence-electron chi connectivity index (χ4n) is 3.62. The van der Waals surface area contributed by atoms with Gasteiger partial charge in [-0.05, 0) is 49.4 Å². The first-order valence-electron chi connectivity index (χ1n) is 7.96. The smallest absolute Gasteiger partial charge is 0.305 e. The van der Waals surface area contributed by atoms with E-state index in [2.05, 4.69) is 20.8 Å². The zero-order chi connectivity index (χ0) is 15.2. The maximum Gasteiger partial charge on any atom is 0.305 e. The third-order valence-corrected chi connectivity index (χ3v) is 5.64. The molecular formula is C17H30O3. The van der Waals surface area contributed by atoms with Crippen molar-refractivity contribution in [2.24, 2.45) is 16.7 Å². The van der Waals surface area contributed by atoms with Crippen LogP contribution in [-0.4, -0.2) is 18.9 Å². The summed E-state index contributed by atoms with van der Waals surface area (Å²) in [6.07, 6.45) is 7.76. The first kappa shape index (κ1) is 17.2. The summed E-state index contributed by atoms with van der Waals surface area (Å²) >= 11 is 0. The van der Waals surface area contributed by atoms with E-state index in [0.29, 0.717) is 25.4 Å². The average molecular weight is 282 g/mol.